The quantitative estimate of drug-likeness (QED) is 0.779. The molecule has 0 saturated carbocycles. The Kier molecular flexibility index (Phi) is 3.57. The third-order valence-electron chi connectivity index (χ3n) is 3.71. The normalized spacial score (nSPS) is 12.0. The highest BCUT2D eigenvalue weighted by molar-refractivity contribution is 7.89. The zero-order valence-electron chi connectivity index (χ0n) is 12.9. The van der Waals surface area contributed by atoms with Crippen molar-refractivity contribution in [2.24, 2.45) is 7.05 Å². The highest BCUT2D eigenvalue weighted by atomic mass is 32.2. The standard InChI is InChI=1S/C15H16N4O3S.H2/c1-10-6-12(8-18(3)15(10)20)11-4-5-13-17-7-14(19(13)9-11)23(21,22)16-2;/h4-9,16H,1-3H3;1H. The highest BCUT2D eigenvalue weighted by Gasteiger charge is 2.17. The van der Waals surface area contributed by atoms with Crippen molar-refractivity contribution >= 4 is 15.7 Å². The number of pyridine rings is 2. The molecule has 122 valence electrons. The maximum absolute atomic E-state index is 12.1. The molecule has 3 aromatic rings. The van der Waals surface area contributed by atoms with Gasteiger partial charge in [0, 0.05) is 26.4 Å². The number of fused-ring (bicyclic) bond motifs is 1. The van der Waals surface area contributed by atoms with Gasteiger partial charge < -0.3 is 4.57 Å². The fourth-order valence-corrected chi connectivity index (χ4v) is 3.27. The van der Waals surface area contributed by atoms with Gasteiger partial charge in [0.15, 0.2) is 5.03 Å². The van der Waals surface area contributed by atoms with Gasteiger partial charge in [0.2, 0.25) is 0 Å². The van der Waals surface area contributed by atoms with E-state index in [4.69, 9.17) is 0 Å². The zero-order chi connectivity index (χ0) is 16.8. The Morgan fingerprint density at radius 1 is 1.22 bits per heavy atom. The van der Waals surface area contributed by atoms with Gasteiger partial charge in [-0.25, -0.2) is 18.1 Å². The molecule has 3 rings (SSSR count). The first kappa shape index (κ1) is 15.4. The molecule has 0 aliphatic carbocycles. The lowest BCUT2D eigenvalue weighted by molar-refractivity contribution is 0.583. The minimum absolute atomic E-state index is 0. The number of aryl methyl sites for hydroxylation is 2. The third kappa shape index (κ3) is 2.55. The van der Waals surface area contributed by atoms with Crippen molar-refractivity contribution < 1.29 is 9.84 Å². The molecule has 8 heteroatoms. The van der Waals surface area contributed by atoms with Gasteiger partial charge in [-0.3, -0.25) is 9.20 Å². The summed E-state index contributed by atoms with van der Waals surface area (Å²) in [5.41, 5.74) is 2.72. The number of hydrogen-bond donors (Lipinski definition) is 1. The van der Waals surface area contributed by atoms with Crippen LogP contribution in [0.4, 0.5) is 0 Å². The first-order valence-electron chi connectivity index (χ1n) is 6.92. The molecule has 7 nitrogen and oxygen atoms in total. The molecule has 0 amide bonds. The van der Waals surface area contributed by atoms with Gasteiger partial charge >= 0.3 is 0 Å². The molecule has 3 heterocycles. The van der Waals surface area contributed by atoms with E-state index >= 15 is 0 Å². The summed E-state index contributed by atoms with van der Waals surface area (Å²) < 4.78 is 29.4. The number of imidazole rings is 1. The van der Waals surface area contributed by atoms with Crippen LogP contribution < -0.4 is 10.3 Å². The lowest BCUT2D eigenvalue weighted by Crippen LogP contribution is -2.20. The number of nitrogens with zero attached hydrogens (tertiary/aromatic N) is 3. The van der Waals surface area contributed by atoms with Crippen LogP contribution in [0.25, 0.3) is 16.8 Å². The summed E-state index contributed by atoms with van der Waals surface area (Å²) in [5, 5.41) is 0.0680. The van der Waals surface area contributed by atoms with Crippen LogP contribution in [-0.2, 0) is 17.1 Å². The van der Waals surface area contributed by atoms with Crippen molar-refractivity contribution in [3.63, 3.8) is 0 Å². The van der Waals surface area contributed by atoms with Crippen molar-refractivity contribution in [3.8, 4) is 11.1 Å². The Hall–Kier alpha value is -2.45. The van der Waals surface area contributed by atoms with E-state index in [2.05, 4.69) is 9.71 Å². The molecule has 0 fully saturated rings. The highest BCUT2D eigenvalue weighted by Crippen LogP contribution is 2.21. The molecule has 0 aromatic carbocycles. The summed E-state index contributed by atoms with van der Waals surface area (Å²) in [5.74, 6) is 0. The van der Waals surface area contributed by atoms with Crippen LogP contribution in [0.5, 0.6) is 0 Å². The molecule has 3 aromatic heterocycles. The summed E-state index contributed by atoms with van der Waals surface area (Å²) >= 11 is 0. The van der Waals surface area contributed by atoms with Crippen molar-refractivity contribution in [2.75, 3.05) is 7.05 Å². The number of aromatic nitrogens is 3. The average molecular weight is 334 g/mol. The van der Waals surface area contributed by atoms with Crippen molar-refractivity contribution in [2.45, 2.75) is 11.9 Å². The van der Waals surface area contributed by atoms with Gasteiger partial charge in [-0.1, -0.05) is 0 Å². The van der Waals surface area contributed by atoms with Crippen molar-refractivity contribution in [1.82, 2.24) is 18.7 Å². The van der Waals surface area contributed by atoms with Crippen LogP contribution in [0.2, 0.25) is 0 Å². The van der Waals surface area contributed by atoms with Crippen LogP contribution in [0.15, 0.2) is 46.6 Å². The second-order valence-corrected chi connectivity index (χ2v) is 7.11. The molecule has 0 spiro atoms. The number of nitrogens with one attached hydrogen (secondary N) is 1. The van der Waals surface area contributed by atoms with Gasteiger partial charge in [0.05, 0.1) is 6.20 Å². The van der Waals surface area contributed by atoms with Crippen LogP contribution in [-0.4, -0.2) is 29.4 Å². The van der Waals surface area contributed by atoms with Gasteiger partial charge in [-0.2, -0.15) is 0 Å². The first-order chi connectivity index (χ1) is 10.8. The Labute approximate surface area is 134 Å². The molecule has 0 atom stereocenters. The number of sulfonamides is 1. The minimum atomic E-state index is -3.61. The molecule has 0 unspecified atom stereocenters. The molecular formula is C15H18N4O3S. The van der Waals surface area contributed by atoms with Gasteiger partial charge in [-0.05, 0) is 43.3 Å². The maximum atomic E-state index is 12.1. The number of rotatable bonds is 3. The summed E-state index contributed by atoms with van der Waals surface area (Å²) in [4.78, 5) is 15.9. The van der Waals surface area contributed by atoms with E-state index in [0.29, 0.717) is 11.2 Å². The second kappa shape index (κ2) is 5.32. The SMILES string of the molecule is CNS(=O)(=O)c1cnc2ccc(-c3cc(C)c(=O)n(C)c3)cn12.[HH]. The van der Waals surface area contributed by atoms with E-state index in [0.717, 1.165) is 11.1 Å². The summed E-state index contributed by atoms with van der Waals surface area (Å²) in [6, 6.07) is 5.37. The Balaban J connectivity index is 0.00000208. The van der Waals surface area contributed by atoms with Crippen molar-refractivity contribution in [3.05, 3.63) is 52.7 Å². The maximum Gasteiger partial charge on any atom is 0.257 e. The van der Waals surface area contributed by atoms with Crippen molar-refractivity contribution in [1.29, 1.82) is 0 Å². The topological polar surface area (TPSA) is 85.5 Å². The Morgan fingerprint density at radius 2 is 1.96 bits per heavy atom. The van der Waals surface area contributed by atoms with E-state index < -0.39 is 10.0 Å². The van der Waals surface area contributed by atoms with Crippen LogP contribution in [0, 0.1) is 6.92 Å². The van der Waals surface area contributed by atoms with Crippen LogP contribution in [0.3, 0.4) is 0 Å². The fraction of sp³-hybridized carbons (Fsp3) is 0.200. The fourth-order valence-electron chi connectivity index (χ4n) is 2.47. The van der Waals surface area contributed by atoms with E-state index in [9.17, 15) is 13.2 Å². The minimum Gasteiger partial charge on any atom is -0.318 e. The Bertz CT molecular complexity index is 1040. The summed E-state index contributed by atoms with van der Waals surface area (Å²) in [7, 11) is -0.566. The zero-order valence-corrected chi connectivity index (χ0v) is 13.8. The molecule has 23 heavy (non-hydrogen) atoms. The largest absolute Gasteiger partial charge is 0.318 e. The predicted molar refractivity (Wildman–Crippen MR) is 89.0 cm³/mol. The Morgan fingerprint density at radius 3 is 2.61 bits per heavy atom. The monoisotopic (exact) mass is 334 g/mol. The lowest BCUT2D eigenvalue weighted by Gasteiger charge is -2.08. The lowest BCUT2D eigenvalue weighted by atomic mass is 10.1. The summed E-state index contributed by atoms with van der Waals surface area (Å²) in [6.07, 6.45) is 4.74. The predicted octanol–water partition coefficient (Wildman–Crippen LogP) is 1.16. The first-order valence-corrected chi connectivity index (χ1v) is 8.40. The smallest absolute Gasteiger partial charge is 0.257 e. The van der Waals surface area contributed by atoms with E-state index in [-0.39, 0.29) is 12.0 Å². The van der Waals surface area contributed by atoms with Gasteiger partial charge in [-0.15, -0.1) is 0 Å². The third-order valence-corrected chi connectivity index (χ3v) is 5.10. The summed E-state index contributed by atoms with van der Waals surface area (Å²) in [6.45, 7) is 1.75. The molecule has 1 N–H and O–H groups in total. The number of hydrogen-bond acceptors (Lipinski definition) is 4. The molecule has 0 bridgehead atoms. The molecular weight excluding hydrogens is 316 g/mol. The average Bonchev–Trinajstić information content (AvgIpc) is 2.95. The molecule has 0 radical (unpaired) electrons. The van der Waals surface area contributed by atoms with Gasteiger partial charge in [0.1, 0.15) is 5.65 Å². The van der Waals surface area contributed by atoms with E-state index in [1.807, 2.05) is 6.07 Å². The van der Waals surface area contributed by atoms with E-state index in [1.165, 1.54) is 22.2 Å². The second-order valence-electron chi connectivity index (χ2n) is 5.28. The van der Waals surface area contributed by atoms with Crippen LogP contribution in [0.1, 0.15) is 6.99 Å². The molecule has 0 saturated heterocycles. The van der Waals surface area contributed by atoms with Gasteiger partial charge in [0.25, 0.3) is 15.6 Å². The van der Waals surface area contributed by atoms with Crippen LogP contribution >= 0.6 is 0 Å². The molecule has 0 aliphatic heterocycles. The van der Waals surface area contributed by atoms with E-state index in [1.54, 1.807) is 38.5 Å². The molecule has 0 aliphatic rings.